The van der Waals surface area contributed by atoms with Gasteiger partial charge in [0.25, 0.3) is 0 Å². The second-order valence-corrected chi connectivity index (χ2v) is 13.7. The van der Waals surface area contributed by atoms with Crippen molar-refractivity contribution in [2.24, 2.45) is 29.1 Å². The fourth-order valence-corrected chi connectivity index (χ4v) is 7.64. The maximum Gasteiger partial charge on any atom is 0.338 e. The first-order valence-electron chi connectivity index (χ1n) is 16.0. The van der Waals surface area contributed by atoms with E-state index in [4.69, 9.17) is 18.9 Å². The third-order valence-corrected chi connectivity index (χ3v) is 10.1. The minimum atomic E-state index is -1.89. The van der Waals surface area contributed by atoms with Gasteiger partial charge in [0, 0.05) is 25.8 Å². The number of carbonyl (C=O) groups is 5. The van der Waals surface area contributed by atoms with Crippen LogP contribution >= 0.6 is 0 Å². The normalized spacial score (nSPS) is 32.3. The van der Waals surface area contributed by atoms with Gasteiger partial charge in [-0.3, -0.25) is 14.4 Å². The van der Waals surface area contributed by atoms with E-state index >= 15 is 0 Å². The molecule has 0 heterocycles. The fourth-order valence-electron chi connectivity index (χ4n) is 7.64. The lowest BCUT2D eigenvalue weighted by Gasteiger charge is -2.40. The zero-order chi connectivity index (χ0) is 34.3. The van der Waals surface area contributed by atoms with Gasteiger partial charge in [-0.25, -0.2) is 9.59 Å². The molecule has 2 saturated carbocycles. The summed E-state index contributed by atoms with van der Waals surface area (Å²) in [6.07, 6.45) is -1.13. The molecule has 0 aromatic heterocycles. The van der Waals surface area contributed by atoms with Gasteiger partial charge in [-0.05, 0) is 66.4 Å². The lowest BCUT2D eigenvalue weighted by Crippen LogP contribution is -2.55. The summed E-state index contributed by atoms with van der Waals surface area (Å²) in [6.45, 7) is 14.4. The Kier molecular flexibility index (Phi) is 9.31. The van der Waals surface area contributed by atoms with E-state index in [1.165, 1.54) is 13.8 Å². The average Bonchev–Trinajstić information content (AvgIpc) is 3.41. The van der Waals surface area contributed by atoms with Gasteiger partial charge in [0.15, 0.2) is 5.60 Å². The molecule has 9 nitrogen and oxygen atoms in total. The van der Waals surface area contributed by atoms with Crippen LogP contribution in [-0.4, -0.2) is 53.6 Å². The number of ether oxygens (including phenoxy) is 4. The number of rotatable bonds is 6. The molecule has 3 aliphatic carbocycles. The Bertz CT molecular complexity index is 1610. The van der Waals surface area contributed by atoms with Crippen LogP contribution in [0.15, 0.2) is 84.5 Å². The molecular weight excluding hydrogens is 600 g/mol. The van der Waals surface area contributed by atoms with Gasteiger partial charge < -0.3 is 18.9 Å². The second-order valence-electron chi connectivity index (χ2n) is 13.7. The number of allylic oxidation sites excluding steroid dienone is 1. The fraction of sp³-hybridized carbons (Fsp3) is 0.447. The molecule has 0 aliphatic heterocycles. The summed E-state index contributed by atoms with van der Waals surface area (Å²) in [4.78, 5) is 67.3. The molecule has 248 valence electrons. The number of benzene rings is 2. The van der Waals surface area contributed by atoms with Crippen molar-refractivity contribution in [2.45, 2.75) is 78.3 Å². The second kappa shape index (κ2) is 12.9. The minimum absolute atomic E-state index is 0.00893. The van der Waals surface area contributed by atoms with Gasteiger partial charge >= 0.3 is 23.9 Å². The van der Waals surface area contributed by atoms with Crippen LogP contribution in [0.1, 0.15) is 75.1 Å². The molecule has 0 N–H and O–H groups in total. The van der Waals surface area contributed by atoms with Gasteiger partial charge in [-0.1, -0.05) is 69.8 Å². The summed E-state index contributed by atoms with van der Waals surface area (Å²) in [6, 6.07) is 16.9. The molecule has 0 saturated heterocycles. The SMILES string of the molecule is C=C1C(OC(C)=O)[C@H]2[C@@H](OC(=O)c3ccccc3)[C@@H](C)C[C@]2(OC(C)=O)C(=O)/C(C)=C/[C@@H]2[C@H](C[C@H]1OC(=O)c1ccccc1)C2(C)C. The van der Waals surface area contributed by atoms with Crippen LogP contribution in [0, 0.1) is 29.1 Å². The van der Waals surface area contributed by atoms with E-state index in [0.29, 0.717) is 17.6 Å². The Morgan fingerprint density at radius 3 is 1.91 bits per heavy atom. The number of Topliss-reactive ketones (excluding diaryl/α,β-unsaturated/α-hetero) is 1. The van der Waals surface area contributed by atoms with Crippen molar-refractivity contribution in [3.63, 3.8) is 0 Å². The van der Waals surface area contributed by atoms with Crippen molar-refractivity contribution in [2.75, 3.05) is 0 Å². The average molecular weight is 643 g/mol. The third-order valence-electron chi connectivity index (χ3n) is 10.1. The molecular formula is C38H42O9. The van der Waals surface area contributed by atoms with Gasteiger partial charge in [0.2, 0.25) is 5.78 Å². The zero-order valence-corrected chi connectivity index (χ0v) is 27.7. The van der Waals surface area contributed by atoms with Gasteiger partial charge in [0.1, 0.15) is 18.3 Å². The number of fused-ring (bicyclic) bond motifs is 2. The first kappa shape index (κ1) is 33.8. The molecule has 2 fully saturated rings. The Labute approximate surface area is 275 Å². The van der Waals surface area contributed by atoms with E-state index in [9.17, 15) is 24.0 Å². The highest BCUT2D eigenvalue weighted by Gasteiger charge is 2.66. The number of hydrogen-bond donors (Lipinski definition) is 0. The summed E-state index contributed by atoms with van der Waals surface area (Å²) in [5, 5.41) is 0. The van der Waals surface area contributed by atoms with Crippen molar-refractivity contribution in [1.82, 2.24) is 0 Å². The predicted molar refractivity (Wildman–Crippen MR) is 172 cm³/mol. The lowest BCUT2D eigenvalue weighted by molar-refractivity contribution is -0.179. The van der Waals surface area contributed by atoms with E-state index in [1.807, 2.05) is 6.08 Å². The summed E-state index contributed by atoms with van der Waals surface area (Å²) in [5.41, 5.74) is -0.942. The van der Waals surface area contributed by atoms with Crippen molar-refractivity contribution < 1.29 is 42.9 Å². The Balaban J connectivity index is 1.68. The van der Waals surface area contributed by atoms with E-state index in [2.05, 4.69) is 20.4 Å². The summed E-state index contributed by atoms with van der Waals surface area (Å²) in [7, 11) is 0. The van der Waals surface area contributed by atoms with Crippen molar-refractivity contribution in [3.8, 4) is 0 Å². The number of carbonyl (C=O) groups excluding carboxylic acids is 5. The minimum Gasteiger partial charge on any atom is -0.458 e. The molecule has 3 aliphatic rings. The van der Waals surface area contributed by atoms with E-state index < -0.39 is 65.4 Å². The molecule has 0 spiro atoms. The molecule has 1 unspecified atom stereocenters. The number of esters is 4. The quantitative estimate of drug-likeness (QED) is 0.210. The molecule has 8 atom stereocenters. The van der Waals surface area contributed by atoms with Crippen molar-refractivity contribution in [3.05, 3.63) is 95.6 Å². The van der Waals surface area contributed by atoms with E-state index in [1.54, 1.807) is 74.5 Å². The molecule has 2 aromatic rings. The zero-order valence-electron chi connectivity index (χ0n) is 27.7. The van der Waals surface area contributed by atoms with Crippen LogP contribution in [0.4, 0.5) is 0 Å². The van der Waals surface area contributed by atoms with E-state index in [-0.39, 0.29) is 34.8 Å². The predicted octanol–water partition coefficient (Wildman–Crippen LogP) is 6.07. The maximum atomic E-state index is 14.7. The molecule has 47 heavy (non-hydrogen) atoms. The molecule has 2 aromatic carbocycles. The Hall–Kier alpha value is -4.53. The third kappa shape index (κ3) is 6.53. The molecule has 0 amide bonds. The van der Waals surface area contributed by atoms with Crippen LogP contribution in [0.2, 0.25) is 0 Å². The first-order chi connectivity index (χ1) is 22.2. The number of ketones is 1. The van der Waals surface area contributed by atoms with E-state index in [0.717, 1.165) is 0 Å². The highest BCUT2D eigenvalue weighted by molar-refractivity contribution is 6.03. The molecule has 9 heteroatoms. The van der Waals surface area contributed by atoms with Crippen LogP contribution in [0.5, 0.6) is 0 Å². The lowest BCUT2D eigenvalue weighted by atomic mass is 9.76. The smallest absolute Gasteiger partial charge is 0.338 e. The standard InChI is InChI=1S/C38H42O9/c1-21-18-28-29(37(28,6)7)19-30(45-35(42)26-14-10-8-11-15-26)23(3)33(44-24(4)39)31-32(46-36(43)27-16-12-9-13-17-27)22(2)20-38(31,34(21)41)47-25(5)40/h8-18,22,28-33H,3,19-20H2,1-2,4-7H3/b21-18+/t22-,28+,29-,30+,31+,32-,33?,38+/m0/s1. The largest absolute Gasteiger partial charge is 0.458 e. The number of hydrogen-bond acceptors (Lipinski definition) is 9. The monoisotopic (exact) mass is 642 g/mol. The van der Waals surface area contributed by atoms with Crippen LogP contribution in [0.3, 0.4) is 0 Å². The Morgan fingerprint density at radius 1 is 0.830 bits per heavy atom. The van der Waals surface area contributed by atoms with Crippen LogP contribution in [-0.2, 0) is 33.3 Å². The highest BCUT2D eigenvalue weighted by atomic mass is 16.6. The van der Waals surface area contributed by atoms with Gasteiger partial charge in [0.05, 0.1) is 17.0 Å². The Morgan fingerprint density at radius 2 is 1.38 bits per heavy atom. The highest BCUT2D eigenvalue weighted by Crippen LogP contribution is 2.63. The summed E-state index contributed by atoms with van der Waals surface area (Å²) < 4.78 is 24.3. The van der Waals surface area contributed by atoms with Crippen molar-refractivity contribution in [1.29, 1.82) is 0 Å². The molecule has 0 bridgehead atoms. The maximum absolute atomic E-state index is 14.7. The van der Waals surface area contributed by atoms with Crippen LogP contribution in [0.25, 0.3) is 0 Å². The summed E-state index contributed by atoms with van der Waals surface area (Å²) >= 11 is 0. The van der Waals surface area contributed by atoms with Crippen molar-refractivity contribution >= 4 is 29.7 Å². The summed E-state index contributed by atoms with van der Waals surface area (Å²) in [5.74, 6) is -4.93. The van der Waals surface area contributed by atoms with Crippen LogP contribution < -0.4 is 0 Å². The topological polar surface area (TPSA) is 122 Å². The van der Waals surface area contributed by atoms with Gasteiger partial charge in [-0.15, -0.1) is 0 Å². The molecule has 5 rings (SSSR count). The molecule has 0 radical (unpaired) electrons. The first-order valence-corrected chi connectivity index (χ1v) is 16.0. The van der Waals surface area contributed by atoms with Gasteiger partial charge in [-0.2, -0.15) is 0 Å².